The molecule has 4 heteroatoms. The zero-order valence-electron chi connectivity index (χ0n) is 13.3. The van der Waals surface area contributed by atoms with Crippen LogP contribution in [0.15, 0.2) is 55.1 Å². The molecule has 0 aliphatic rings. The zero-order chi connectivity index (χ0) is 16.4. The van der Waals surface area contributed by atoms with Crippen molar-refractivity contribution in [3.8, 4) is 17.2 Å². The molecule has 0 spiro atoms. The van der Waals surface area contributed by atoms with Crippen LogP contribution in [0.4, 0.5) is 5.69 Å². The lowest BCUT2D eigenvalue weighted by Gasteiger charge is -2.17. The van der Waals surface area contributed by atoms with Crippen LogP contribution in [-0.2, 0) is 0 Å². The van der Waals surface area contributed by atoms with Gasteiger partial charge in [0.05, 0.1) is 0 Å². The van der Waals surface area contributed by atoms with Crippen molar-refractivity contribution in [2.45, 2.75) is 13.8 Å². The lowest BCUT2D eigenvalue weighted by molar-refractivity contribution is 0.281. The normalized spacial score (nSPS) is 9.55. The second-order valence-electron chi connectivity index (χ2n) is 4.60. The SMILES string of the molecule is C=CCOc1ccc(N=C(C)C)c(OCC=C)c1OCC=C. The molecule has 0 amide bonds. The maximum absolute atomic E-state index is 5.75. The topological polar surface area (TPSA) is 40.0 Å². The molecule has 0 unspecified atom stereocenters. The molecule has 0 aliphatic carbocycles. The average molecular weight is 301 g/mol. The first-order valence-corrected chi connectivity index (χ1v) is 7.04. The molecule has 0 N–H and O–H groups in total. The van der Waals surface area contributed by atoms with E-state index in [2.05, 4.69) is 24.7 Å². The highest BCUT2D eigenvalue weighted by atomic mass is 16.5. The van der Waals surface area contributed by atoms with Crippen molar-refractivity contribution in [3.05, 3.63) is 50.1 Å². The number of benzene rings is 1. The average Bonchev–Trinajstić information content (AvgIpc) is 2.50. The van der Waals surface area contributed by atoms with Gasteiger partial charge in [0.2, 0.25) is 5.75 Å². The maximum Gasteiger partial charge on any atom is 0.206 e. The number of hydrogen-bond acceptors (Lipinski definition) is 4. The molecule has 0 heterocycles. The lowest BCUT2D eigenvalue weighted by atomic mass is 10.2. The Kier molecular flexibility index (Phi) is 7.54. The summed E-state index contributed by atoms with van der Waals surface area (Å²) in [7, 11) is 0. The summed E-state index contributed by atoms with van der Waals surface area (Å²) in [5.74, 6) is 1.61. The van der Waals surface area contributed by atoms with Crippen LogP contribution in [-0.4, -0.2) is 25.5 Å². The van der Waals surface area contributed by atoms with E-state index in [1.54, 1.807) is 18.2 Å². The third kappa shape index (κ3) is 5.13. The summed E-state index contributed by atoms with van der Waals surface area (Å²) in [4.78, 5) is 4.48. The molecule has 0 aromatic heterocycles. The van der Waals surface area contributed by atoms with Crippen LogP contribution in [0.1, 0.15) is 13.8 Å². The van der Waals surface area contributed by atoms with Gasteiger partial charge in [0, 0.05) is 5.71 Å². The van der Waals surface area contributed by atoms with Gasteiger partial charge in [0.1, 0.15) is 25.5 Å². The van der Waals surface area contributed by atoms with E-state index < -0.39 is 0 Å². The molecule has 0 bridgehead atoms. The molecule has 22 heavy (non-hydrogen) atoms. The Morgan fingerprint density at radius 1 is 0.909 bits per heavy atom. The summed E-state index contributed by atoms with van der Waals surface area (Å²) < 4.78 is 17.1. The monoisotopic (exact) mass is 301 g/mol. The smallest absolute Gasteiger partial charge is 0.206 e. The van der Waals surface area contributed by atoms with Crippen molar-refractivity contribution in [3.63, 3.8) is 0 Å². The van der Waals surface area contributed by atoms with E-state index in [0.29, 0.717) is 42.8 Å². The molecule has 1 aromatic rings. The number of hydrogen-bond donors (Lipinski definition) is 0. The van der Waals surface area contributed by atoms with Crippen LogP contribution in [0.3, 0.4) is 0 Å². The van der Waals surface area contributed by atoms with Crippen LogP contribution in [0.5, 0.6) is 17.2 Å². The third-order valence-corrected chi connectivity index (χ3v) is 2.45. The molecular weight excluding hydrogens is 278 g/mol. The summed E-state index contributed by atoms with van der Waals surface area (Å²) >= 11 is 0. The fraction of sp³-hybridized carbons (Fsp3) is 0.278. The molecule has 0 saturated heterocycles. The van der Waals surface area contributed by atoms with E-state index in [9.17, 15) is 0 Å². The molecule has 0 aliphatic heterocycles. The first-order valence-electron chi connectivity index (χ1n) is 7.04. The number of aliphatic imine (C=N–C) groups is 1. The van der Waals surface area contributed by atoms with E-state index >= 15 is 0 Å². The first kappa shape index (κ1) is 17.6. The Bertz CT molecular complexity index is 558. The Morgan fingerprint density at radius 3 is 2.00 bits per heavy atom. The van der Waals surface area contributed by atoms with Crippen molar-refractivity contribution in [2.75, 3.05) is 19.8 Å². The molecular formula is C18H23NO3. The highest BCUT2D eigenvalue weighted by Crippen LogP contribution is 2.44. The van der Waals surface area contributed by atoms with Crippen LogP contribution in [0.25, 0.3) is 0 Å². The van der Waals surface area contributed by atoms with Gasteiger partial charge in [-0.3, -0.25) is 4.99 Å². The first-order chi connectivity index (χ1) is 10.6. The summed E-state index contributed by atoms with van der Waals surface area (Å²) in [5.41, 5.74) is 1.60. The highest BCUT2D eigenvalue weighted by Gasteiger charge is 2.17. The largest absolute Gasteiger partial charge is 0.486 e. The molecule has 0 saturated carbocycles. The van der Waals surface area contributed by atoms with Gasteiger partial charge in [-0.2, -0.15) is 0 Å². The van der Waals surface area contributed by atoms with E-state index in [1.807, 2.05) is 26.0 Å². The Balaban J connectivity index is 3.34. The summed E-state index contributed by atoms with van der Waals surface area (Å²) in [6.45, 7) is 15.9. The van der Waals surface area contributed by atoms with Gasteiger partial charge >= 0.3 is 0 Å². The maximum atomic E-state index is 5.75. The zero-order valence-corrected chi connectivity index (χ0v) is 13.3. The van der Waals surface area contributed by atoms with Crippen LogP contribution < -0.4 is 14.2 Å². The van der Waals surface area contributed by atoms with Gasteiger partial charge in [0.25, 0.3) is 0 Å². The lowest BCUT2D eigenvalue weighted by Crippen LogP contribution is -2.03. The minimum Gasteiger partial charge on any atom is -0.486 e. The number of rotatable bonds is 10. The second-order valence-corrected chi connectivity index (χ2v) is 4.60. The van der Waals surface area contributed by atoms with Gasteiger partial charge in [-0.25, -0.2) is 0 Å². The quantitative estimate of drug-likeness (QED) is 0.472. The summed E-state index contributed by atoms with van der Waals surface area (Å²) in [5, 5.41) is 0. The molecule has 0 fully saturated rings. The van der Waals surface area contributed by atoms with Gasteiger partial charge in [-0.1, -0.05) is 38.0 Å². The number of ether oxygens (including phenoxy) is 3. The van der Waals surface area contributed by atoms with Crippen molar-refractivity contribution >= 4 is 11.4 Å². The fourth-order valence-corrected chi connectivity index (χ4v) is 1.69. The molecule has 0 atom stereocenters. The minimum absolute atomic E-state index is 0.340. The Morgan fingerprint density at radius 2 is 1.45 bits per heavy atom. The minimum atomic E-state index is 0.340. The van der Waals surface area contributed by atoms with E-state index in [0.717, 1.165) is 5.71 Å². The van der Waals surface area contributed by atoms with Gasteiger partial charge < -0.3 is 14.2 Å². The Labute approximate surface area is 132 Å². The van der Waals surface area contributed by atoms with E-state index in [-0.39, 0.29) is 0 Å². The highest BCUT2D eigenvalue weighted by molar-refractivity contribution is 5.84. The Hall–Kier alpha value is -2.49. The van der Waals surface area contributed by atoms with Gasteiger partial charge in [-0.05, 0) is 26.0 Å². The van der Waals surface area contributed by atoms with Crippen LogP contribution in [0, 0.1) is 0 Å². The van der Waals surface area contributed by atoms with E-state index in [4.69, 9.17) is 14.2 Å². The van der Waals surface area contributed by atoms with Crippen LogP contribution in [0.2, 0.25) is 0 Å². The van der Waals surface area contributed by atoms with E-state index in [1.165, 1.54) is 0 Å². The van der Waals surface area contributed by atoms with Gasteiger partial charge in [-0.15, -0.1) is 0 Å². The third-order valence-electron chi connectivity index (χ3n) is 2.45. The predicted octanol–water partition coefficient (Wildman–Crippen LogP) is 4.49. The molecule has 1 rings (SSSR count). The number of nitrogens with zero attached hydrogens (tertiary/aromatic N) is 1. The standard InChI is InChI=1S/C18H23NO3/c1-6-11-20-16-10-9-15(19-14(4)5)17(21-12-7-2)18(16)22-13-8-3/h6-10H,1-3,11-13H2,4-5H3. The summed E-state index contributed by atoms with van der Waals surface area (Å²) in [6.07, 6.45) is 5.00. The molecule has 0 radical (unpaired) electrons. The predicted molar refractivity (Wildman–Crippen MR) is 92.0 cm³/mol. The molecule has 1 aromatic carbocycles. The van der Waals surface area contributed by atoms with Crippen LogP contribution >= 0.6 is 0 Å². The van der Waals surface area contributed by atoms with Gasteiger partial charge in [0.15, 0.2) is 11.5 Å². The van der Waals surface area contributed by atoms with Crippen molar-refractivity contribution in [1.82, 2.24) is 0 Å². The summed E-state index contributed by atoms with van der Waals surface area (Å²) in [6, 6.07) is 3.65. The van der Waals surface area contributed by atoms with Crippen molar-refractivity contribution < 1.29 is 14.2 Å². The fourth-order valence-electron chi connectivity index (χ4n) is 1.69. The molecule has 118 valence electrons. The van der Waals surface area contributed by atoms with Crippen molar-refractivity contribution in [2.24, 2.45) is 4.99 Å². The van der Waals surface area contributed by atoms with Crippen molar-refractivity contribution in [1.29, 1.82) is 0 Å². The molecule has 4 nitrogen and oxygen atoms in total. The second kappa shape index (κ2) is 9.45.